The Morgan fingerprint density at radius 1 is 0.815 bits per heavy atom. The molecule has 0 bridgehead atoms. The molecule has 1 N–H and O–H groups in total. The van der Waals surface area contributed by atoms with E-state index in [2.05, 4.69) is 5.32 Å². The summed E-state index contributed by atoms with van der Waals surface area (Å²) in [6, 6.07) is 14.7. The number of nitrogens with one attached hydrogen (secondary N) is 1. The molecule has 3 aromatic carbocycles. The van der Waals surface area contributed by atoms with Gasteiger partial charge in [-0.25, -0.2) is 4.39 Å². The first-order valence-corrected chi connectivity index (χ1v) is 8.43. The minimum atomic E-state index is -0.710. The van der Waals surface area contributed by atoms with Gasteiger partial charge < -0.3 is 5.32 Å². The molecular formula is C21H11ClFNO3. The summed E-state index contributed by atoms with van der Waals surface area (Å²) in [6.45, 7) is 0. The molecule has 3 aromatic rings. The van der Waals surface area contributed by atoms with Gasteiger partial charge in [-0.15, -0.1) is 0 Å². The van der Waals surface area contributed by atoms with Crippen molar-refractivity contribution < 1.29 is 18.8 Å². The topological polar surface area (TPSA) is 63.2 Å². The van der Waals surface area contributed by atoms with Crippen LogP contribution in [0.25, 0.3) is 0 Å². The van der Waals surface area contributed by atoms with Gasteiger partial charge in [0.1, 0.15) is 5.82 Å². The van der Waals surface area contributed by atoms with E-state index in [0.29, 0.717) is 0 Å². The predicted octanol–water partition coefficient (Wildman–Crippen LogP) is 4.51. The molecule has 1 aliphatic rings. The van der Waals surface area contributed by atoms with E-state index in [1.165, 1.54) is 42.5 Å². The Bertz CT molecular complexity index is 1140. The van der Waals surface area contributed by atoms with Crippen molar-refractivity contribution in [1.82, 2.24) is 0 Å². The summed E-state index contributed by atoms with van der Waals surface area (Å²) in [5.74, 6) is -2.21. The molecule has 0 unspecified atom stereocenters. The number of hydrogen-bond donors (Lipinski definition) is 1. The van der Waals surface area contributed by atoms with Crippen molar-refractivity contribution in [3.63, 3.8) is 0 Å². The zero-order valence-corrected chi connectivity index (χ0v) is 14.5. The molecule has 0 atom stereocenters. The fraction of sp³-hybridized carbons (Fsp3) is 0. The third-order valence-corrected chi connectivity index (χ3v) is 4.70. The highest BCUT2D eigenvalue weighted by Crippen LogP contribution is 2.35. The Kier molecular flexibility index (Phi) is 4.09. The third-order valence-electron chi connectivity index (χ3n) is 4.39. The van der Waals surface area contributed by atoms with E-state index in [-0.39, 0.29) is 38.5 Å². The van der Waals surface area contributed by atoms with Crippen molar-refractivity contribution in [1.29, 1.82) is 0 Å². The molecule has 0 saturated carbocycles. The van der Waals surface area contributed by atoms with Crippen LogP contribution in [-0.2, 0) is 0 Å². The molecule has 27 heavy (non-hydrogen) atoms. The standard InChI is InChI=1S/C21H11ClFNO3/c22-14-8-3-6-12-17(14)19(25)13-7-4-10-16(18(13)20(12)26)24-21(27)11-5-1-2-9-15(11)23/h1-10H,(H,24,27). The van der Waals surface area contributed by atoms with E-state index in [1.807, 2.05) is 0 Å². The number of halogens is 2. The van der Waals surface area contributed by atoms with E-state index in [4.69, 9.17) is 11.6 Å². The van der Waals surface area contributed by atoms with Crippen LogP contribution in [0.2, 0.25) is 5.02 Å². The minimum absolute atomic E-state index is 0.0713. The number of amides is 1. The van der Waals surface area contributed by atoms with Crippen LogP contribution in [-0.4, -0.2) is 17.5 Å². The van der Waals surface area contributed by atoms with Gasteiger partial charge in [-0.2, -0.15) is 0 Å². The molecule has 0 aromatic heterocycles. The van der Waals surface area contributed by atoms with Crippen LogP contribution in [0.5, 0.6) is 0 Å². The second-order valence-electron chi connectivity index (χ2n) is 5.98. The van der Waals surface area contributed by atoms with Crippen LogP contribution in [0, 0.1) is 5.82 Å². The molecule has 0 saturated heterocycles. The maximum Gasteiger partial charge on any atom is 0.258 e. The highest BCUT2D eigenvalue weighted by atomic mass is 35.5. The van der Waals surface area contributed by atoms with Crippen molar-refractivity contribution in [2.24, 2.45) is 0 Å². The summed E-state index contributed by atoms with van der Waals surface area (Å²) in [4.78, 5) is 38.2. The quantitative estimate of drug-likeness (QED) is 0.557. The predicted molar refractivity (Wildman–Crippen MR) is 99.1 cm³/mol. The number of fused-ring (bicyclic) bond motifs is 2. The van der Waals surface area contributed by atoms with Crippen molar-refractivity contribution in [3.8, 4) is 0 Å². The number of carbonyl (C=O) groups excluding carboxylic acids is 3. The smallest absolute Gasteiger partial charge is 0.258 e. The Labute approximate surface area is 158 Å². The lowest BCUT2D eigenvalue weighted by atomic mass is 9.83. The van der Waals surface area contributed by atoms with Crippen LogP contribution in [0.3, 0.4) is 0 Å². The Balaban J connectivity index is 1.81. The molecule has 0 radical (unpaired) electrons. The van der Waals surface area contributed by atoms with Crippen molar-refractivity contribution in [2.75, 3.05) is 5.32 Å². The molecule has 0 fully saturated rings. The molecule has 0 heterocycles. The van der Waals surface area contributed by atoms with Gasteiger partial charge in [0, 0.05) is 11.1 Å². The van der Waals surface area contributed by atoms with E-state index in [0.717, 1.165) is 0 Å². The van der Waals surface area contributed by atoms with Crippen molar-refractivity contribution in [3.05, 3.63) is 99.3 Å². The fourth-order valence-electron chi connectivity index (χ4n) is 3.14. The first kappa shape index (κ1) is 17.1. The van der Waals surface area contributed by atoms with Gasteiger partial charge in [0.05, 0.1) is 27.4 Å². The number of benzene rings is 3. The molecular weight excluding hydrogens is 369 g/mol. The summed E-state index contributed by atoms with van der Waals surface area (Å²) in [6.07, 6.45) is 0. The third kappa shape index (κ3) is 2.73. The van der Waals surface area contributed by atoms with Gasteiger partial charge in [0.25, 0.3) is 5.91 Å². The average molecular weight is 380 g/mol. The summed E-state index contributed by atoms with van der Waals surface area (Å²) < 4.78 is 13.9. The molecule has 4 rings (SSSR count). The Morgan fingerprint density at radius 3 is 2.19 bits per heavy atom. The van der Waals surface area contributed by atoms with Crippen LogP contribution < -0.4 is 5.32 Å². The minimum Gasteiger partial charge on any atom is -0.321 e. The fourth-order valence-corrected chi connectivity index (χ4v) is 3.40. The van der Waals surface area contributed by atoms with Gasteiger partial charge in [-0.3, -0.25) is 14.4 Å². The number of anilines is 1. The van der Waals surface area contributed by atoms with Gasteiger partial charge in [0.2, 0.25) is 0 Å². The lowest BCUT2D eigenvalue weighted by molar-refractivity contribution is 0.0978. The van der Waals surface area contributed by atoms with Gasteiger partial charge in [-0.1, -0.05) is 48.0 Å². The number of ketones is 2. The largest absolute Gasteiger partial charge is 0.321 e. The molecule has 4 nitrogen and oxygen atoms in total. The van der Waals surface area contributed by atoms with Gasteiger partial charge in [0.15, 0.2) is 11.6 Å². The van der Waals surface area contributed by atoms with E-state index in [9.17, 15) is 18.8 Å². The SMILES string of the molecule is O=C(Nc1cccc2c1C(=O)c1cccc(Cl)c1C2=O)c1ccccc1F. The molecule has 1 aliphatic carbocycles. The second kappa shape index (κ2) is 6.45. The maximum atomic E-state index is 13.9. The first-order chi connectivity index (χ1) is 13.0. The lowest BCUT2D eigenvalue weighted by Gasteiger charge is -2.21. The first-order valence-electron chi connectivity index (χ1n) is 8.06. The van der Waals surface area contributed by atoms with Gasteiger partial charge in [-0.05, 0) is 24.3 Å². The number of carbonyl (C=O) groups is 3. The highest BCUT2D eigenvalue weighted by Gasteiger charge is 2.33. The molecule has 0 aliphatic heterocycles. The van der Waals surface area contributed by atoms with Crippen molar-refractivity contribution >= 4 is 34.8 Å². The molecule has 1 amide bonds. The molecule has 132 valence electrons. The zero-order valence-electron chi connectivity index (χ0n) is 13.8. The van der Waals surface area contributed by atoms with Gasteiger partial charge >= 0.3 is 0 Å². The Morgan fingerprint density at radius 2 is 1.44 bits per heavy atom. The van der Waals surface area contributed by atoms with Crippen LogP contribution in [0.1, 0.15) is 42.2 Å². The summed E-state index contributed by atoms with van der Waals surface area (Å²) in [7, 11) is 0. The lowest BCUT2D eigenvalue weighted by Crippen LogP contribution is -2.24. The normalized spacial score (nSPS) is 12.4. The molecule has 6 heteroatoms. The van der Waals surface area contributed by atoms with Crippen LogP contribution in [0.15, 0.2) is 60.7 Å². The van der Waals surface area contributed by atoms with Crippen LogP contribution in [0.4, 0.5) is 10.1 Å². The monoisotopic (exact) mass is 379 g/mol. The summed E-state index contributed by atoms with van der Waals surface area (Å²) in [5, 5.41) is 2.73. The maximum absolute atomic E-state index is 13.9. The Hall–Kier alpha value is -3.31. The highest BCUT2D eigenvalue weighted by molar-refractivity contribution is 6.39. The van der Waals surface area contributed by atoms with E-state index >= 15 is 0 Å². The van der Waals surface area contributed by atoms with E-state index < -0.39 is 23.3 Å². The number of hydrogen-bond acceptors (Lipinski definition) is 3. The summed E-state index contributed by atoms with van der Waals surface area (Å²) >= 11 is 6.11. The average Bonchev–Trinajstić information content (AvgIpc) is 2.66. The zero-order chi connectivity index (χ0) is 19.1. The van der Waals surface area contributed by atoms with Crippen LogP contribution >= 0.6 is 11.6 Å². The van der Waals surface area contributed by atoms with E-state index in [1.54, 1.807) is 18.2 Å². The molecule has 0 spiro atoms. The van der Waals surface area contributed by atoms with Crippen molar-refractivity contribution in [2.45, 2.75) is 0 Å². The summed E-state index contributed by atoms with van der Waals surface area (Å²) in [5.41, 5.74) is 0.522. The second-order valence-corrected chi connectivity index (χ2v) is 6.39. The number of rotatable bonds is 2.